The van der Waals surface area contributed by atoms with Crippen molar-refractivity contribution in [1.29, 1.82) is 0 Å². The Morgan fingerprint density at radius 1 is 1.47 bits per heavy atom. The average molecular weight is 225 g/mol. The Hall–Kier alpha value is -0.380. The van der Waals surface area contributed by atoms with E-state index >= 15 is 0 Å². The van der Waals surface area contributed by atoms with E-state index in [2.05, 4.69) is 19.1 Å². The summed E-state index contributed by atoms with van der Waals surface area (Å²) in [5, 5.41) is 0. The summed E-state index contributed by atoms with van der Waals surface area (Å²) in [6.07, 6.45) is 3.34. The first-order chi connectivity index (χ1) is 7.31. The molecule has 0 amide bonds. The molecule has 1 saturated heterocycles. The fraction of sp³-hybridized carbons (Fsp3) is 0.667. The zero-order valence-corrected chi connectivity index (χ0v) is 10.1. The van der Waals surface area contributed by atoms with Gasteiger partial charge in [0.2, 0.25) is 0 Å². The van der Waals surface area contributed by atoms with Crippen LogP contribution in [0.4, 0.5) is 0 Å². The molecule has 1 aliphatic heterocycles. The minimum Gasteiger partial charge on any atom is -0.381 e. The summed E-state index contributed by atoms with van der Waals surface area (Å²) >= 11 is 1.87. The van der Waals surface area contributed by atoms with E-state index in [0.717, 1.165) is 32.5 Å². The number of aryl methyl sites for hydroxylation is 1. The standard InChI is InChI=1S/C12H19NOS/c1-2-10-3-4-11(15-10)12(13)9-5-7-14-8-6-9/h3-4,9,12H,2,5-8,13H2,1H3/t12-/m0/s1. The van der Waals surface area contributed by atoms with Crippen LogP contribution in [-0.4, -0.2) is 13.2 Å². The third-order valence-corrected chi connectivity index (χ3v) is 4.46. The molecule has 1 aromatic heterocycles. The van der Waals surface area contributed by atoms with Gasteiger partial charge < -0.3 is 10.5 Å². The number of rotatable bonds is 3. The second-order valence-corrected chi connectivity index (χ2v) is 5.33. The van der Waals surface area contributed by atoms with Crippen molar-refractivity contribution < 1.29 is 4.74 Å². The van der Waals surface area contributed by atoms with Gasteiger partial charge >= 0.3 is 0 Å². The maximum Gasteiger partial charge on any atom is 0.0469 e. The molecule has 1 aliphatic rings. The van der Waals surface area contributed by atoms with Crippen LogP contribution in [-0.2, 0) is 11.2 Å². The van der Waals surface area contributed by atoms with Crippen LogP contribution in [0.1, 0.15) is 35.6 Å². The van der Waals surface area contributed by atoms with Crippen LogP contribution in [0.2, 0.25) is 0 Å². The van der Waals surface area contributed by atoms with Crippen LogP contribution in [0.25, 0.3) is 0 Å². The number of thiophene rings is 1. The Labute approximate surface area is 95.4 Å². The Morgan fingerprint density at radius 2 is 2.20 bits per heavy atom. The van der Waals surface area contributed by atoms with Crippen molar-refractivity contribution in [1.82, 2.24) is 0 Å². The third kappa shape index (κ3) is 2.60. The zero-order valence-electron chi connectivity index (χ0n) is 9.24. The van der Waals surface area contributed by atoms with Gasteiger partial charge in [0.25, 0.3) is 0 Å². The SMILES string of the molecule is CCc1ccc([C@@H](N)C2CCOCC2)s1. The summed E-state index contributed by atoms with van der Waals surface area (Å²) < 4.78 is 5.36. The molecule has 0 radical (unpaired) electrons. The summed E-state index contributed by atoms with van der Waals surface area (Å²) in [6, 6.07) is 4.63. The molecular weight excluding hydrogens is 206 g/mol. The highest BCUT2D eigenvalue weighted by Gasteiger charge is 2.23. The Kier molecular flexibility index (Phi) is 3.78. The van der Waals surface area contributed by atoms with Gasteiger partial charge in [0.1, 0.15) is 0 Å². The first kappa shape index (κ1) is 11.1. The van der Waals surface area contributed by atoms with Crippen LogP contribution in [0, 0.1) is 5.92 Å². The van der Waals surface area contributed by atoms with Crippen molar-refractivity contribution in [3.05, 3.63) is 21.9 Å². The molecular formula is C12H19NOS. The smallest absolute Gasteiger partial charge is 0.0469 e. The quantitative estimate of drug-likeness (QED) is 0.858. The van der Waals surface area contributed by atoms with E-state index in [4.69, 9.17) is 10.5 Å². The predicted molar refractivity (Wildman–Crippen MR) is 64.2 cm³/mol. The minimum absolute atomic E-state index is 0.221. The van der Waals surface area contributed by atoms with E-state index in [-0.39, 0.29) is 6.04 Å². The van der Waals surface area contributed by atoms with E-state index in [1.807, 2.05) is 11.3 Å². The average Bonchev–Trinajstić information content (AvgIpc) is 2.78. The normalized spacial score (nSPS) is 20.4. The molecule has 1 aromatic rings. The number of hydrogen-bond donors (Lipinski definition) is 1. The lowest BCUT2D eigenvalue weighted by molar-refractivity contribution is 0.0587. The van der Waals surface area contributed by atoms with E-state index in [0.29, 0.717) is 5.92 Å². The Bertz CT molecular complexity index is 304. The van der Waals surface area contributed by atoms with Gasteiger partial charge in [0.15, 0.2) is 0 Å². The predicted octanol–water partition coefficient (Wildman–Crippen LogP) is 2.74. The maximum atomic E-state index is 6.29. The molecule has 1 fully saturated rings. The Morgan fingerprint density at radius 3 is 2.80 bits per heavy atom. The third-order valence-electron chi connectivity index (χ3n) is 3.13. The molecule has 0 aliphatic carbocycles. The summed E-state index contributed by atoms with van der Waals surface area (Å²) in [6.45, 7) is 3.95. The molecule has 2 rings (SSSR count). The van der Waals surface area contributed by atoms with Gasteiger partial charge in [-0.25, -0.2) is 0 Å². The monoisotopic (exact) mass is 225 g/mol. The summed E-state index contributed by atoms with van der Waals surface area (Å²) in [7, 11) is 0. The van der Waals surface area contributed by atoms with E-state index in [9.17, 15) is 0 Å². The van der Waals surface area contributed by atoms with Gasteiger partial charge in [-0.3, -0.25) is 0 Å². The molecule has 2 N–H and O–H groups in total. The highest BCUT2D eigenvalue weighted by atomic mass is 32.1. The first-order valence-corrected chi connectivity index (χ1v) is 6.55. The molecule has 2 heterocycles. The molecule has 1 atom stereocenters. The topological polar surface area (TPSA) is 35.2 Å². The molecule has 0 spiro atoms. The van der Waals surface area contributed by atoms with Crippen molar-refractivity contribution in [2.75, 3.05) is 13.2 Å². The number of nitrogens with two attached hydrogens (primary N) is 1. The van der Waals surface area contributed by atoms with Crippen molar-refractivity contribution in [3.63, 3.8) is 0 Å². The van der Waals surface area contributed by atoms with Gasteiger partial charge in [0, 0.05) is 29.0 Å². The fourth-order valence-electron chi connectivity index (χ4n) is 2.07. The summed E-state index contributed by atoms with van der Waals surface area (Å²) in [5.74, 6) is 0.613. The number of ether oxygens (including phenoxy) is 1. The van der Waals surface area contributed by atoms with Crippen LogP contribution < -0.4 is 5.73 Å². The molecule has 0 aromatic carbocycles. The van der Waals surface area contributed by atoms with E-state index < -0.39 is 0 Å². The van der Waals surface area contributed by atoms with Gasteiger partial charge in [-0.2, -0.15) is 0 Å². The highest BCUT2D eigenvalue weighted by molar-refractivity contribution is 7.12. The van der Waals surface area contributed by atoms with Gasteiger partial charge in [-0.15, -0.1) is 11.3 Å². The maximum absolute atomic E-state index is 6.29. The van der Waals surface area contributed by atoms with Crippen LogP contribution in [0.3, 0.4) is 0 Å². The summed E-state index contributed by atoms with van der Waals surface area (Å²) in [5.41, 5.74) is 6.29. The zero-order chi connectivity index (χ0) is 10.7. The molecule has 15 heavy (non-hydrogen) atoms. The second kappa shape index (κ2) is 5.10. The van der Waals surface area contributed by atoms with Crippen molar-refractivity contribution >= 4 is 11.3 Å². The summed E-state index contributed by atoms with van der Waals surface area (Å²) in [4.78, 5) is 2.78. The van der Waals surface area contributed by atoms with E-state index in [1.54, 1.807) is 0 Å². The molecule has 0 bridgehead atoms. The highest BCUT2D eigenvalue weighted by Crippen LogP contribution is 2.32. The molecule has 3 heteroatoms. The molecule has 0 saturated carbocycles. The van der Waals surface area contributed by atoms with Crippen molar-refractivity contribution in [2.45, 2.75) is 32.2 Å². The van der Waals surface area contributed by atoms with Crippen molar-refractivity contribution in [3.8, 4) is 0 Å². The largest absolute Gasteiger partial charge is 0.381 e. The lowest BCUT2D eigenvalue weighted by atomic mass is 9.91. The molecule has 0 unspecified atom stereocenters. The molecule has 2 nitrogen and oxygen atoms in total. The second-order valence-electron chi connectivity index (χ2n) is 4.13. The minimum atomic E-state index is 0.221. The van der Waals surface area contributed by atoms with Crippen LogP contribution in [0.5, 0.6) is 0 Å². The van der Waals surface area contributed by atoms with Gasteiger partial charge in [-0.05, 0) is 37.3 Å². The van der Waals surface area contributed by atoms with E-state index in [1.165, 1.54) is 9.75 Å². The lowest BCUT2D eigenvalue weighted by Crippen LogP contribution is -2.26. The Balaban J connectivity index is 2.02. The molecule has 84 valence electrons. The van der Waals surface area contributed by atoms with Crippen molar-refractivity contribution in [2.24, 2.45) is 11.7 Å². The number of hydrogen-bond acceptors (Lipinski definition) is 3. The lowest BCUT2D eigenvalue weighted by Gasteiger charge is -2.26. The first-order valence-electron chi connectivity index (χ1n) is 5.73. The fourth-order valence-corrected chi connectivity index (χ4v) is 3.12. The van der Waals surface area contributed by atoms with Gasteiger partial charge in [0.05, 0.1) is 0 Å². The van der Waals surface area contributed by atoms with Crippen LogP contribution >= 0.6 is 11.3 Å². The van der Waals surface area contributed by atoms with Crippen LogP contribution in [0.15, 0.2) is 12.1 Å². The van der Waals surface area contributed by atoms with Gasteiger partial charge in [-0.1, -0.05) is 6.92 Å².